The van der Waals surface area contributed by atoms with Crippen molar-refractivity contribution >= 4 is 5.82 Å². The van der Waals surface area contributed by atoms with Gasteiger partial charge in [0.05, 0.1) is 7.11 Å². The van der Waals surface area contributed by atoms with Gasteiger partial charge in [0.15, 0.2) is 0 Å². The van der Waals surface area contributed by atoms with Crippen LogP contribution in [0.25, 0.3) is 0 Å². The highest BCUT2D eigenvalue weighted by Gasteiger charge is 2.17. The molecule has 0 spiro atoms. The number of nitrogen functional groups attached to an aromatic ring is 1. The standard InChI is InChI=1S/C14H16N2O2/c1-9-6-7-16-14(15)12(9)13(17)10-4-3-5-11(8-10)18-2/h3-8,13,17H,1-2H3,(H2,15,16). The first-order chi connectivity index (χ1) is 8.63. The smallest absolute Gasteiger partial charge is 0.129 e. The predicted molar refractivity (Wildman–Crippen MR) is 70.4 cm³/mol. The fraction of sp³-hybridized carbons (Fsp3) is 0.214. The van der Waals surface area contributed by atoms with Gasteiger partial charge in [0.1, 0.15) is 17.7 Å². The average Bonchev–Trinajstić information content (AvgIpc) is 2.38. The van der Waals surface area contributed by atoms with Gasteiger partial charge in [-0.3, -0.25) is 0 Å². The maximum absolute atomic E-state index is 10.4. The number of methoxy groups -OCH3 is 1. The summed E-state index contributed by atoms with van der Waals surface area (Å²) >= 11 is 0. The Labute approximate surface area is 106 Å². The summed E-state index contributed by atoms with van der Waals surface area (Å²) in [6.07, 6.45) is 0.834. The molecule has 1 atom stereocenters. The summed E-state index contributed by atoms with van der Waals surface area (Å²) < 4.78 is 5.14. The normalized spacial score (nSPS) is 12.2. The molecule has 0 aliphatic rings. The topological polar surface area (TPSA) is 68.4 Å². The minimum absolute atomic E-state index is 0.352. The van der Waals surface area contributed by atoms with Crippen molar-refractivity contribution in [2.24, 2.45) is 0 Å². The number of benzene rings is 1. The number of anilines is 1. The third-order valence-corrected chi connectivity index (χ3v) is 2.92. The van der Waals surface area contributed by atoms with Crippen molar-refractivity contribution < 1.29 is 9.84 Å². The van der Waals surface area contributed by atoms with E-state index in [9.17, 15) is 5.11 Å². The lowest BCUT2D eigenvalue weighted by atomic mass is 9.98. The molecule has 0 aliphatic heterocycles. The third kappa shape index (κ3) is 2.28. The first kappa shape index (κ1) is 12.4. The number of pyridine rings is 1. The molecule has 0 fully saturated rings. The Morgan fingerprint density at radius 2 is 2.11 bits per heavy atom. The minimum atomic E-state index is -0.797. The van der Waals surface area contributed by atoms with Gasteiger partial charge in [-0.15, -0.1) is 0 Å². The van der Waals surface area contributed by atoms with Crippen LogP contribution in [0.4, 0.5) is 5.82 Å². The second-order valence-electron chi connectivity index (χ2n) is 4.11. The fourth-order valence-corrected chi connectivity index (χ4v) is 1.92. The highest BCUT2D eigenvalue weighted by molar-refractivity contribution is 5.49. The molecule has 1 aromatic heterocycles. The molecule has 3 N–H and O–H groups in total. The van der Waals surface area contributed by atoms with Crippen molar-refractivity contribution in [2.45, 2.75) is 13.0 Å². The zero-order chi connectivity index (χ0) is 13.1. The highest BCUT2D eigenvalue weighted by atomic mass is 16.5. The van der Waals surface area contributed by atoms with Crippen LogP contribution in [0.1, 0.15) is 22.8 Å². The molecule has 1 aromatic carbocycles. The zero-order valence-electron chi connectivity index (χ0n) is 10.4. The molecule has 0 amide bonds. The lowest BCUT2D eigenvalue weighted by Crippen LogP contribution is -2.07. The number of ether oxygens (including phenoxy) is 1. The maximum Gasteiger partial charge on any atom is 0.129 e. The van der Waals surface area contributed by atoms with E-state index < -0.39 is 6.10 Å². The molecule has 4 nitrogen and oxygen atoms in total. The molecule has 18 heavy (non-hydrogen) atoms. The van der Waals surface area contributed by atoms with Gasteiger partial charge in [-0.05, 0) is 36.2 Å². The molecule has 2 rings (SSSR count). The Kier molecular flexibility index (Phi) is 3.48. The highest BCUT2D eigenvalue weighted by Crippen LogP contribution is 2.29. The van der Waals surface area contributed by atoms with Gasteiger partial charge >= 0.3 is 0 Å². The number of hydrogen-bond donors (Lipinski definition) is 2. The van der Waals surface area contributed by atoms with Gasteiger partial charge in [-0.1, -0.05) is 12.1 Å². The molecular formula is C14H16N2O2. The van der Waals surface area contributed by atoms with Crippen molar-refractivity contribution in [3.05, 3.63) is 53.2 Å². The van der Waals surface area contributed by atoms with Crippen LogP contribution in [-0.2, 0) is 0 Å². The van der Waals surface area contributed by atoms with E-state index in [0.29, 0.717) is 17.1 Å². The zero-order valence-corrected chi connectivity index (χ0v) is 10.4. The number of nitrogens with zero attached hydrogens (tertiary/aromatic N) is 1. The van der Waals surface area contributed by atoms with Crippen LogP contribution >= 0.6 is 0 Å². The summed E-state index contributed by atoms with van der Waals surface area (Å²) in [6.45, 7) is 1.90. The van der Waals surface area contributed by atoms with Crippen LogP contribution in [0.2, 0.25) is 0 Å². The van der Waals surface area contributed by atoms with E-state index in [1.807, 2.05) is 31.2 Å². The third-order valence-electron chi connectivity index (χ3n) is 2.92. The van der Waals surface area contributed by atoms with E-state index in [1.54, 1.807) is 19.4 Å². The van der Waals surface area contributed by atoms with Crippen molar-refractivity contribution in [1.29, 1.82) is 0 Å². The fourth-order valence-electron chi connectivity index (χ4n) is 1.92. The number of nitrogens with two attached hydrogens (primary N) is 1. The molecule has 0 saturated carbocycles. The van der Waals surface area contributed by atoms with E-state index >= 15 is 0 Å². The number of hydrogen-bond acceptors (Lipinski definition) is 4. The number of aromatic nitrogens is 1. The lowest BCUT2D eigenvalue weighted by Gasteiger charge is -2.16. The van der Waals surface area contributed by atoms with Crippen LogP contribution in [-0.4, -0.2) is 17.2 Å². The van der Waals surface area contributed by atoms with E-state index in [0.717, 1.165) is 11.1 Å². The van der Waals surface area contributed by atoms with Gasteiger partial charge in [0.2, 0.25) is 0 Å². The second-order valence-corrected chi connectivity index (χ2v) is 4.11. The summed E-state index contributed by atoms with van der Waals surface area (Å²) in [4.78, 5) is 4.02. The molecule has 1 heterocycles. The van der Waals surface area contributed by atoms with Gasteiger partial charge in [0.25, 0.3) is 0 Å². The van der Waals surface area contributed by atoms with E-state index in [1.165, 1.54) is 0 Å². The van der Waals surface area contributed by atoms with Crippen molar-refractivity contribution in [3.8, 4) is 5.75 Å². The van der Waals surface area contributed by atoms with Gasteiger partial charge < -0.3 is 15.6 Å². The Bertz CT molecular complexity index is 535. The summed E-state index contributed by atoms with van der Waals surface area (Å²) in [5.41, 5.74) is 8.12. The summed E-state index contributed by atoms with van der Waals surface area (Å²) in [5.74, 6) is 1.05. The predicted octanol–water partition coefficient (Wildman–Crippen LogP) is 2.06. The van der Waals surface area contributed by atoms with Crippen LogP contribution in [0, 0.1) is 6.92 Å². The minimum Gasteiger partial charge on any atom is -0.497 e. The number of aryl methyl sites for hydroxylation is 1. The largest absolute Gasteiger partial charge is 0.497 e. The molecule has 94 valence electrons. The molecule has 0 saturated heterocycles. The first-order valence-electron chi connectivity index (χ1n) is 5.66. The molecule has 4 heteroatoms. The van der Waals surface area contributed by atoms with Crippen molar-refractivity contribution in [1.82, 2.24) is 4.98 Å². The van der Waals surface area contributed by atoms with Crippen LogP contribution < -0.4 is 10.5 Å². The number of rotatable bonds is 3. The molecule has 2 aromatic rings. The lowest BCUT2D eigenvalue weighted by molar-refractivity contribution is 0.219. The van der Waals surface area contributed by atoms with Gasteiger partial charge in [0, 0.05) is 11.8 Å². The summed E-state index contributed by atoms with van der Waals surface area (Å²) in [5, 5.41) is 10.4. The van der Waals surface area contributed by atoms with Crippen LogP contribution in [0.3, 0.4) is 0 Å². The van der Waals surface area contributed by atoms with E-state index in [-0.39, 0.29) is 0 Å². The number of aliphatic hydroxyl groups is 1. The Hall–Kier alpha value is -2.07. The molecule has 0 bridgehead atoms. The molecule has 1 unspecified atom stereocenters. The first-order valence-corrected chi connectivity index (χ1v) is 5.66. The van der Waals surface area contributed by atoms with Crippen LogP contribution in [0.15, 0.2) is 36.5 Å². The van der Waals surface area contributed by atoms with Crippen LogP contribution in [0.5, 0.6) is 5.75 Å². The number of aliphatic hydroxyl groups excluding tert-OH is 1. The van der Waals surface area contributed by atoms with Crippen molar-refractivity contribution in [2.75, 3.05) is 12.8 Å². The Morgan fingerprint density at radius 1 is 1.33 bits per heavy atom. The monoisotopic (exact) mass is 244 g/mol. The SMILES string of the molecule is COc1cccc(C(O)c2c(C)ccnc2N)c1. The Morgan fingerprint density at radius 3 is 2.78 bits per heavy atom. The van der Waals surface area contributed by atoms with E-state index in [4.69, 9.17) is 10.5 Å². The van der Waals surface area contributed by atoms with Gasteiger partial charge in [-0.2, -0.15) is 0 Å². The Balaban J connectivity index is 2.44. The maximum atomic E-state index is 10.4. The molecule has 0 radical (unpaired) electrons. The average molecular weight is 244 g/mol. The summed E-state index contributed by atoms with van der Waals surface area (Å²) in [6, 6.07) is 9.11. The van der Waals surface area contributed by atoms with Crippen molar-refractivity contribution in [3.63, 3.8) is 0 Å². The van der Waals surface area contributed by atoms with Gasteiger partial charge in [-0.25, -0.2) is 4.98 Å². The second kappa shape index (κ2) is 5.06. The molecule has 0 aliphatic carbocycles. The molecular weight excluding hydrogens is 228 g/mol. The van der Waals surface area contributed by atoms with E-state index in [2.05, 4.69) is 4.98 Å². The quantitative estimate of drug-likeness (QED) is 0.867. The summed E-state index contributed by atoms with van der Waals surface area (Å²) in [7, 11) is 1.59.